The molecule has 0 radical (unpaired) electrons. The van der Waals surface area contributed by atoms with Gasteiger partial charge in [-0.1, -0.05) is 24.3 Å². The van der Waals surface area contributed by atoms with Gasteiger partial charge in [0.2, 0.25) is 0 Å². The first-order chi connectivity index (χ1) is 15.8. The van der Waals surface area contributed by atoms with Gasteiger partial charge in [-0.05, 0) is 60.4 Å². The summed E-state index contributed by atoms with van der Waals surface area (Å²) in [6.07, 6.45) is -2.00. The van der Waals surface area contributed by atoms with Crippen LogP contribution >= 0.6 is 0 Å². The Morgan fingerprint density at radius 1 is 1.09 bits per heavy atom. The van der Waals surface area contributed by atoms with E-state index in [0.29, 0.717) is 30.0 Å². The summed E-state index contributed by atoms with van der Waals surface area (Å²) in [6, 6.07) is 16.4. The maximum Gasteiger partial charge on any atom is 0.416 e. The summed E-state index contributed by atoms with van der Waals surface area (Å²) in [7, 11) is 0. The molecule has 0 spiro atoms. The van der Waals surface area contributed by atoms with Crippen LogP contribution in [0.3, 0.4) is 0 Å². The van der Waals surface area contributed by atoms with E-state index >= 15 is 0 Å². The van der Waals surface area contributed by atoms with Crippen LogP contribution in [0.2, 0.25) is 0 Å². The van der Waals surface area contributed by atoms with Crippen molar-refractivity contribution in [2.75, 3.05) is 6.61 Å². The van der Waals surface area contributed by atoms with Crippen LogP contribution in [0.1, 0.15) is 28.8 Å². The Morgan fingerprint density at radius 3 is 2.61 bits per heavy atom. The summed E-state index contributed by atoms with van der Waals surface area (Å²) >= 11 is 0. The van der Waals surface area contributed by atoms with Crippen LogP contribution in [0, 0.1) is 0 Å². The maximum atomic E-state index is 12.8. The quantitative estimate of drug-likeness (QED) is 0.553. The van der Waals surface area contributed by atoms with Crippen LogP contribution in [0.4, 0.5) is 13.2 Å². The number of fused-ring (bicyclic) bond motifs is 1. The Balaban J connectivity index is 1.42. The molecule has 1 aromatic heterocycles. The summed E-state index contributed by atoms with van der Waals surface area (Å²) in [4.78, 5) is 15.4. The Hall–Kier alpha value is -3.39. The normalized spacial score (nSPS) is 16.0. The minimum Gasteiger partial charge on any atom is -0.482 e. The minimum atomic E-state index is -4.36. The molecule has 172 valence electrons. The van der Waals surface area contributed by atoms with E-state index in [1.807, 2.05) is 24.3 Å². The fourth-order valence-corrected chi connectivity index (χ4v) is 3.94. The number of alkyl halides is 3. The number of hydrogen-bond acceptors (Lipinski definition) is 4. The molecule has 0 fully saturated rings. The molecule has 0 saturated carbocycles. The van der Waals surface area contributed by atoms with E-state index < -0.39 is 17.7 Å². The van der Waals surface area contributed by atoms with Crippen LogP contribution in [0.5, 0.6) is 5.75 Å². The average molecular weight is 456 g/mol. The molecule has 0 bridgehead atoms. The molecule has 1 aliphatic heterocycles. The number of nitrogens with one attached hydrogen (secondary N) is 1. The van der Waals surface area contributed by atoms with Gasteiger partial charge >= 0.3 is 12.1 Å². The van der Waals surface area contributed by atoms with E-state index in [2.05, 4.69) is 10.3 Å². The summed E-state index contributed by atoms with van der Waals surface area (Å²) in [5.41, 5.74) is 3.73. The molecule has 2 N–H and O–H groups in total. The second-order valence-corrected chi connectivity index (χ2v) is 8.02. The van der Waals surface area contributed by atoms with Gasteiger partial charge in [-0.25, -0.2) is 4.79 Å². The highest BCUT2D eigenvalue weighted by atomic mass is 19.4. The third kappa shape index (κ3) is 5.90. The van der Waals surface area contributed by atoms with Gasteiger partial charge in [0.05, 0.1) is 11.3 Å². The fraction of sp³-hybridized carbons (Fsp3) is 0.280. The lowest BCUT2D eigenvalue weighted by molar-refractivity contribution is -0.139. The highest BCUT2D eigenvalue weighted by molar-refractivity contribution is 5.68. The van der Waals surface area contributed by atoms with E-state index in [1.165, 1.54) is 12.1 Å². The number of nitrogens with zero attached hydrogens (tertiary/aromatic N) is 1. The second-order valence-electron chi connectivity index (χ2n) is 8.02. The van der Waals surface area contributed by atoms with Gasteiger partial charge in [0.1, 0.15) is 5.75 Å². The summed E-state index contributed by atoms with van der Waals surface area (Å²) in [6.45, 7) is 0.304. The zero-order chi connectivity index (χ0) is 23.4. The summed E-state index contributed by atoms with van der Waals surface area (Å²) in [5.74, 6) is -0.474. The predicted octanol–water partition coefficient (Wildman–Crippen LogP) is 4.88. The van der Waals surface area contributed by atoms with Crippen molar-refractivity contribution in [3.63, 3.8) is 0 Å². The third-order valence-electron chi connectivity index (χ3n) is 5.65. The molecule has 2 heterocycles. The molecule has 33 heavy (non-hydrogen) atoms. The van der Waals surface area contributed by atoms with Crippen molar-refractivity contribution in [2.45, 2.75) is 38.0 Å². The van der Waals surface area contributed by atoms with Gasteiger partial charge in [-0.3, -0.25) is 4.98 Å². The monoisotopic (exact) mass is 456 g/mol. The number of benzene rings is 2. The van der Waals surface area contributed by atoms with Gasteiger partial charge in [0.15, 0.2) is 6.61 Å². The number of ether oxygens (including phenoxy) is 1. The predicted molar refractivity (Wildman–Crippen MR) is 117 cm³/mol. The molecule has 3 aromatic rings. The van der Waals surface area contributed by atoms with E-state index in [1.54, 1.807) is 12.1 Å². The molecular weight excluding hydrogens is 433 g/mol. The second kappa shape index (κ2) is 9.62. The topological polar surface area (TPSA) is 71.5 Å². The molecule has 2 aromatic carbocycles. The van der Waals surface area contributed by atoms with Gasteiger partial charge in [0.25, 0.3) is 0 Å². The van der Waals surface area contributed by atoms with Crippen molar-refractivity contribution in [3.05, 3.63) is 83.0 Å². The number of hydrogen-bond donors (Lipinski definition) is 2. The van der Waals surface area contributed by atoms with Gasteiger partial charge < -0.3 is 15.2 Å². The fourth-order valence-electron chi connectivity index (χ4n) is 3.94. The van der Waals surface area contributed by atoms with Crippen molar-refractivity contribution in [2.24, 2.45) is 0 Å². The standard InChI is InChI=1S/C25H23F3N2O3/c26-25(27,28)19-8-4-16(5-9-19)23-3-1-2-21(30-23)13-20-10-6-17-12-22(33-15-24(31)32)11-7-18(17)14-29-20/h1-5,7-9,11-12,20,29H,6,10,13-15H2,(H,31,32). The molecule has 1 atom stereocenters. The first kappa shape index (κ1) is 22.8. The zero-order valence-corrected chi connectivity index (χ0v) is 17.7. The molecule has 1 unspecified atom stereocenters. The molecule has 8 heteroatoms. The van der Waals surface area contributed by atoms with Crippen LogP contribution in [-0.2, 0) is 30.4 Å². The lowest BCUT2D eigenvalue weighted by Crippen LogP contribution is -2.29. The number of rotatable bonds is 6. The van der Waals surface area contributed by atoms with Gasteiger partial charge in [-0.15, -0.1) is 0 Å². The van der Waals surface area contributed by atoms with E-state index in [9.17, 15) is 18.0 Å². The first-order valence-corrected chi connectivity index (χ1v) is 10.6. The highest BCUT2D eigenvalue weighted by Gasteiger charge is 2.30. The van der Waals surface area contributed by atoms with Crippen molar-refractivity contribution in [3.8, 4) is 17.0 Å². The lowest BCUT2D eigenvalue weighted by Gasteiger charge is -2.16. The number of carboxylic acids is 1. The highest BCUT2D eigenvalue weighted by Crippen LogP contribution is 2.31. The molecular formula is C25H23F3N2O3. The molecule has 0 aliphatic carbocycles. The van der Waals surface area contributed by atoms with Crippen LogP contribution in [0.25, 0.3) is 11.3 Å². The third-order valence-corrected chi connectivity index (χ3v) is 5.65. The van der Waals surface area contributed by atoms with Gasteiger partial charge in [-0.2, -0.15) is 13.2 Å². The van der Waals surface area contributed by atoms with E-state index in [-0.39, 0.29) is 12.6 Å². The lowest BCUT2D eigenvalue weighted by atomic mass is 10.0. The van der Waals surface area contributed by atoms with Crippen molar-refractivity contribution in [1.82, 2.24) is 10.3 Å². The van der Waals surface area contributed by atoms with Crippen molar-refractivity contribution >= 4 is 5.97 Å². The van der Waals surface area contributed by atoms with E-state index in [0.717, 1.165) is 41.8 Å². The largest absolute Gasteiger partial charge is 0.482 e. The number of aromatic nitrogens is 1. The smallest absolute Gasteiger partial charge is 0.416 e. The number of halogens is 3. The van der Waals surface area contributed by atoms with Crippen LogP contribution in [0.15, 0.2) is 60.7 Å². The maximum absolute atomic E-state index is 12.8. The van der Waals surface area contributed by atoms with E-state index in [4.69, 9.17) is 9.84 Å². The number of carbonyl (C=O) groups is 1. The molecule has 0 amide bonds. The molecule has 5 nitrogen and oxygen atoms in total. The van der Waals surface area contributed by atoms with Gasteiger partial charge in [0, 0.05) is 30.3 Å². The summed E-state index contributed by atoms with van der Waals surface area (Å²) in [5, 5.41) is 12.3. The zero-order valence-electron chi connectivity index (χ0n) is 17.7. The first-order valence-electron chi connectivity index (χ1n) is 10.6. The Morgan fingerprint density at radius 2 is 1.88 bits per heavy atom. The number of aliphatic carboxylic acids is 1. The van der Waals surface area contributed by atoms with Crippen LogP contribution in [-0.4, -0.2) is 28.7 Å². The molecule has 0 saturated heterocycles. The number of carboxylic acid groups (broad SMARTS) is 1. The van der Waals surface area contributed by atoms with Crippen molar-refractivity contribution < 1.29 is 27.8 Å². The Bertz CT molecular complexity index is 1130. The van der Waals surface area contributed by atoms with Crippen molar-refractivity contribution in [1.29, 1.82) is 0 Å². The Kier molecular flexibility index (Phi) is 6.65. The average Bonchev–Trinajstić information content (AvgIpc) is 2.99. The number of pyridine rings is 1. The Labute approximate surface area is 189 Å². The minimum absolute atomic E-state index is 0.177. The van der Waals surface area contributed by atoms with Crippen LogP contribution < -0.4 is 10.1 Å². The summed E-state index contributed by atoms with van der Waals surface area (Å²) < 4.78 is 43.7. The molecule has 1 aliphatic rings. The number of aryl methyl sites for hydroxylation is 1. The molecule has 4 rings (SSSR count). The SMILES string of the molecule is O=C(O)COc1ccc2c(c1)CCC(Cc1cccc(-c3ccc(C(F)(F)F)cc3)n1)NC2.